The second-order valence-electron chi connectivity index (χ2n) is 23.4. The number of aryl methyl sites for hydroxylation is 2. The Balaban J connectivity index is 1.31. The predicted octanol–water partition coefficient (Wildman–Crippen LogP) is 10.7. The molecule has 2 aromatic carbocycles. The van der Waals surface area contributed by atoms with Crippen LogP contribution < -0.4 is 0 Å². The number of rotatable bonds is 12. The summed E-state index contributed by atoms with van der Waals surface area (Å²) in [5.41, 5.74) is 3.55. The fourth-order valence-electron chi connectivity index (χ4n) is 9.33. The molecule has 0 unspecified atom stereocenters. The average Bonchev–Trinajstić information content (AvgIpc) is 3.09. The minimum Gasteiger partial charge on any atom is -0.507 e. The van der Waals surface area contributed by atoms with Crippen LogP contribution in [0.4, 0.5) is 0 Å². The van der Waals surface area contributed by atoms with Crippen LogP contribution in [0.1, 0.15) is 183 Å². The quantitative estimate of drug-likeness (QED) is 0.202. The highest BCUT2D eigenvalue weighted by atomic mass is 16.7. The fraction of sp³-hybridized carbons (Fsp3) is 0.725. The molecule has 4 rings (SSSR count). The van der Waals surface area contributed by atoms with Crippen LogP contribution in [0.2, 0.25) is 0 Å². The van der Waals surface area contributed by atoms with Gasteiger partial charge in [-0.25, -0.2) is 0 Å². The molecule has 2 N–H and O–H groups in total. The van der Waals surface area contributed by atoms with Gasteiger partial charge in [0.05, 0.1) is 18.6 Å². The van der Waals surface area contributed by atoms with E-state index in [9.17, 15) is 19.8 Å². The number of piperidine rings is 1. The van der Waals surface area contributed by atoms with Crippen LogP contribution in [-0.2, 0) is 63.0 Å². The highest BCUT2D eigenvalue weighted by Gasteiger charge is 2.56. The number of nitrogens with zero attached hydrogens (tertiary/aromatic N) is 1. The molecule has 2 heterocycles. The zero-order valence-corrected chi connectivity index (χ0v) is 40.6. The molecular formula is C51H81NO8. The minimum atomic E-state index is -0.779. The first-order chi connectivity index (χ1) is 27.2. The maximum atomic E-state index is 13.2. The number of likely N-dealkylation sites (tertiary alicyclic amines) is 1. The van der Waals surface area contributed by atoms with E-state index in [-0.39, 0.29) is 70.7 Å². The van der Waals surface area contributed by atoms with Crippen LogP contribution in [0.15, 0.2) is 24.3 Å². The number of aromatic hydroxyl groups is 2. The Morgan fingerprint density at radius 1 is 0.633 bits per heavy atom. The zero-order chi connectivity index (χ0) is 45.5. The van der Waals surface area contributed by atoms with Gasteiger partial charge >= 0.3 is 11.9 Å². The topological polar surface area (TPSA) is 115 Å². The lowest BCUT2D eigenvalue weighted by Gasteiger charge is -2.60. The maximum Gasteiger partial charge on any atom is 0.306 e. The van der Waals surface area contributed by atoms with Crippen LogP contribution >= 0.6 is 0 Å². The molecule has 9 nitrogen and oxygen atoms in total. The molecule has 1 spiro atoms. The summed E-state index contributed by atoms with van der Waals surface area (Å²) >= 11 is 0. The van der Waals surface area contributed by atoms with Crippen LogP contribution in [0, 0.1) is 5.41 Å². The second-order valence-corrected chi connectivity index (χ2v) is 23.4. The normalized spacial score (nSPS) is 19.3. The first kappa shape index (κ1) is 49.5. The van der Waals surface area contributed by atoms with Gasteiger partial charge in [-0.2, -0.15) is 0 Å². The smallest absolute Gasteiger partial charge is 0.306 e. The lowest BCUT2D eigenvalue weighted by Crippen LogP contribution is -2.69. The van der Waals surface area contributed by atoms with Gasteiger partial charge in [-0.1, -0.05) is 114 Å². The third kappa shape index (κ3) is 11.9. The fourth-order valence-corrected chi connectivity index (χ4v) is 9.33. The summed E-state index contributed by atoms with van der Waals surface area (Å²) < 4.78 is 25.2. The second kappa shape index (κ2) is 17.6. The SMILES string of the molecule is CCC1(COC(=O)CCc2cc(C(C)(C)C)c(O)c(C(C)(C)C)c2)COC2(CC(C)(C)N(CCOC(=O)CCc3cc(C(C)(C)C)c(O)c(C(C)(C)C)c3)C(C)(C)C2)OC1. The summed E-state index contributed by atoms with van der Waals surface area (Å²) in [6, 6.07) is 8.12. The van der Waals surface area contributed by atoms with E-state index < -0.39 is 11.2 Å². The van der Waals surface area contributed by atoms with E-state index in [2.05, 4.69) is 123 Å². The molecule has 0 atom stereocenters. The van der Waals surface area contributed by atoms with E-state index in [1.807, 2.05) is 24.3 Å². The van der Waals surface area contributed by atoms with Crippen molar-refractivity contribution in [3.8, 4) is 11.5 Å². The van der Waals surface area contributed by atoms with Gasteiger partial charge in [0, 0.05) is 43.3 Å². The van der Waals surface area contributed by atoms with Gasteiger partial charge in [0.15, 0.2) is 5.79 Å². The predicted molar refractivity (Wildman–Crippen MR) is 241 cm³/mol. The molecule has 0 bridgehead atoms. The molecule has 9 heteroatoms. The van der Waals surface area contributed by atoms with E-state index >= 15 is 0 Å². The van der Waals surface area contributed by atoms with Crippen molar-refractivity contribution in [1.82, 2.24) is 4.90 Å². The molecule has 0 saturated carbocycles. The third-order valence-corrected chi connectivity index (χ3v) is 12.8. The van der Waals surface area contributed by atoms with Crippen molar-refractivity contribution in [2.75, 3.05) is 33.0 Å². The molecule has 338 valence electrons. The van der Waals surface area contributed by atoms with Gasteiger partial charge in [-0.05, 0) is 102 Å². The van der Waals surface area contributed by atoms with E-state index in [1.54, 1.807) is 0 Å². The van der Waals surface area contributed by atoms with Gasteiger partial charge in [-0.15, -0.1) is 0 Å². The summed E-state index contributed by atoms with van der Waals surface area (Å²) in [5.74, 6) is -0.594. The van der Waals surface area contributed by atoms with E-state index in [0.717, 1.165) is 39.8 Å². The highest BCUT2D eigenvalue weighted by molar-refractivity contribution is 5.70. The Morgan fingerprint density at radius 3 is 1.32 bits per heavy atom. The molecule has 2 saturated heterocycles. The molecule has 60 heavy (non-hydrogen) atoms. The molecule has 2 fully saturated rings. The number of benzene rings is 2. The summed E-state index contributed by atoms with van der Waals surface area (Å²) in [7, 11) is 0. The third-order valence-electron chi connectivity index (χ3n) is 12.8. The lowest BCUT2D eigenvalue weighted by molar-refractivity contribution is -0.346. The monoisotopic (exact) mass is 836 g/mol. The van der Waals surface area contributed by atoms with Gasteiger partial charge in [-0.3, -0.25) is 14.5 Å². The number of hydrogen-bond acceptors (Lipinski definition) is 9. The van der Waals surface area contributed by atoms with Crippen LogP contribution in [0.25, 0.3) is 0 Å². The van der Waals surface area contributed by atoms with Crippen molar-refractivity contribution < 1.29 is 38.7 Å². The molecular weight excluding hydrogens is 755 g/mol. The number of phenols is 2. The van der Waals surface area contributed by atoms with Crippen molar-refractivity contribution in [2.24, 2.45) is 5.41 Å². The number of esters is 2. The van der Waals surface area contributed by atoms with E-state index in [0.29, 0.717) is 56.9 Å². The number of ether oxygens (including phenoxy) is 4. The largest absolute Gasteiger partial charge is 0.507 e. The number of carbonyl (C=O) groups is 2. The lowest BCUT2D eigenvalue weighted by atomic mass is 9.75. The first-order valence-electron chi connectivity index (χ1n) is 22.3. The number of phenolic OH excluding ortho intramolecular Hbond substituents is 2. The minimum absolute atomic E-state index is 0.223. The standard InChI is InChI=1S/C51H81NO8/c1-18-50(31-58-41(54)22-20-35-27-38(46(8,9)10)43(56)39(28-35)47(11,12)13)32-59-51(60-33-50)29-48(14,15)52(49(16,17)30-51)23-24-57-40(53)21-19-34-25-36(44(2,3)4)42(55)37(26-34)45(5,6)7/h25-28,55-56H,18-24,29-33H2,1-17H3. The van der Waals surface area contributed by atoms with Crippen molar-refractivity contribution in [1.29, 1.82) is 0 Å². The van der Waals surface area contributed by atoms with Gasteiger partial charge < -0.3 is 29.2 Å². The van der Waals surface area contributed by atoms with Crippen molar-refractivity contribution in [2.45, 2.75) is 201 Å². The highest BCUT2D eigenvalue weighted by Crippen LogP contribution is 2.49. The molecule has 0 radical (unpaired) electrons. The Bertz CT molecular complexity index is 1750. The molecule has 2 aliphatic rings. The Kier molecular flexibility index (Phi) is 14.5. The van der Waals surface area contributed by atoms with Crippen LogP contribution in [0.5, 0.6) is 11.5 Å². The Hall–Kier alpha value is -3.14. The average molecular weight is 836 g/mol. The zero-order valence-electron chi connectivity index (χ0n) is 40.6. The summed E-state index contributed by atoms with van der Waals surface area (Å²) in [4.78, 5) is 28.7. The van der Waals surface area contributed by atoms with Gasteiger partial charge in [0.25, 0.3) is 0 Å². The van der Waals surface area contributed by atoms with Crippen molar-refractivity contribution in [3.63, 3.8) is 0 Å². The molecule has 0 amide bonds. The van der Waals surface area contributed by atoms with E-state index in [1.165, 1.54) is 0 Å². The summed E-state index contributed by atoms with van der Waals surface area (Å²) in [5, 5.41) is 22.2. The van der Waals surface area contributed by atoms with Crippen LogP contribution in [0.3, 0.4) is 0 Å². The van der Waals surface area contributed by atoms with Crippen molar-refractivity contribution in [3.05, 3.63) is 57.6 Å². The molecule has 2 aliphatic heterocycles. The Labute approximate surface area is 363 Å². The van der Waals surface area contributed by atoms with Gasteiger partial charge in [0.2, 0.25) is 0 Å². The molecule has 0 aliphatic carbocycles. The first-order valence-corrected chi connectivity index (χ1v) is 22.3. The number of hydrogen-bond donors (Lipinski definition) is 2. The number of carbonyl (C=O) groups excluding carboxylic acids is 2. The van der Waals surface area contributed by atoms with E-state index in [4.69, 9.17) is 18.9 Å². The Morgan fingerprint density at radius 2 is 0.983 bits per heavy atom. The maximum absolute atomic E-state index is 13.2. The van der Waals surface area contributed by atoms with Crippen molar-refractivity contribution >= 4 is 11.9 Å². The molecule has 2 aromatic rings. The van der Waals surface area contributed by atoms with Crippen LogP contribution in [-0.4, -0.2) is 76.9 Å². The molecule has 0 aromatic heterocycles. The summed E-state index contributed by atoms with van der Waals surface area (Å²) in [6.45, 7) is 37.9. The summed E-state index contributed by atoms with van der Waals surface area (Å²) in [6.07, 6.45) is 3.60. The van der Waals surface area contributed by atoms with Gasteiger partial charge in [0.1, 0.15) is 24.7 Å².